The van der Waals surface area contributed by atoms with E-state index in [0.717, 1.165) is 11.1 Å². The first-order valence-corrected chi connectivity index (χ1v) is 5.98. The standard InChI is InChI=1S/C10H10N2OS2/c1-8-3-2-4-9(5-8)6-15(10(13)14)12-7-11/h2-5H,6H2,1H3,(H,13,14). The van der Waals surface area contributed by atoms with Gasteiger partial charge < -0.3 is 5.11 Å². The van der Waals surface area contributed by atoms with E-state index < -0.39 is 10.7 Å². The average Bonchev–Trinajstić information content (AvgIpc) is 2.17. The van der Waals surface area contributed by atoms with Gasteiger partial charge in [-0.2, -0.15) is 5.26 Å². The van der Waals surface area contributed by atoms with Gasteiger partial charge in [0, 0.05) is 5.75 Å². The van der Waals surface area contributed by atoms with E-state index >= 15 is 0 Å². The third-order valence-electron chi connectivity index (χ3n) is 1.74. The van der Waals surface area contributed by atoms with Crippen LogP contribution in [0, 0.1) is 18.4 Å². The molecule has 5 heteroatoms. The second-order valence-electron chi connectivity index (χ2n) is 2.96. The molecule has 0 fully saturated rings. The number of nitrogens with zero attached hydrogens (tertiary/aromatic N) is 2. The highest BCUT2D eigenvalue weighted by atomic mass is 32.2. The van der Waals surface area contributed by atoms with Crippen LogP contribution in [-0.2, 0) is 16.4 Å². The summed E-state index contributed by atoms with van der Waals surface area (Å²) in [5, 5.41) is 17.6. The summed E-state index contributed by atoms with van der Waals surface area (Å²) in [7, 11) is -0.885. The molecule has 0 aliphatic heterocycles. The van der Waals surface area contributed by atoms with Gasteiger partial charge in [0.25, 0.3) is 0 Å². The summed E-state index contributed by atoms with van der Waals surface area (Å²) in [5.41, 5.74) is 2.16. The quantitative estimate of drug-likeness (QED) is 0.636. The third kappa shape index (κ3) is 3.78. The zero-order valence-electron chi connectivity index (χ0n) is 8.17. The van der Waals surface area contributed by atoms with Crippen LogP contribution in [0.25, 0.3) is 0 Å². The lowest BCUT2D eigenvalue weighted by atomic mass is 10.2. The normalized spacial score (nSPS) is 12.0. The Bertz CT molecular complexity index is 449. The minimum Gasteiger partial charge on any atom is -0.494 e. The second kappa shape index (κ2) is 5.59. The molecular formula is C10H10N2OS2. The number of aryl methyl sites for hydroxylation is 1. The monoisotopic (exact) mass is 238 g/mol. The van der Waals surface area contributed by atoms with Crippen molar-refractivity contribution in [3.8, 4) is 6.19 Å². The molecule has 1 unspecified atom stereocenters. The highest BCUT2D eigenvalue weighted by molar-refractivity contribution is 8.13. The third-order valence-corrected chi connectivity index (χ3v) is 3.63. The Kier molecular flexibility index (Phi) is 4.40. The predicted octanol–water partition coefficient (Wildman–Crippen LogP) is 2.62. The summed E-state index contributed by atoms with van der Waals surface area (Å²) < 4.78 is 3.38. The van der Waals surface area contributed by atoms with E-state index in [4.69, 9.17) is 5.26 Å². The Morgan fingerprint density at radius 2 is 2.40 bits per heavy atom. The van der Waals surface area contributed by atoms with Crippen LogP contribution in [0.3, 0.4) is 0 Å². The van der Waals surface area contributed by atoms with Crippen LogP contribution in [-0.4, -0.2) is 9.49 Å². The van der Waals surface area contributed by atoms with Gasteiger partial charge in [-0.3, -0.25) is 0 Å². The first-order chi connectivity index (χ1) is 7.13. The van der Waals surface area contributed by atoms with Gasteiger partial charge in [0.15, 0.2) is 0 Å². The van der Waals surface area contributed by atoms with Gasteiger partial charge in [-0.15, -0.1) is 4.36 Å². The van der Waals surface area contributed by atoms with Gasteiger partial charge in [-0.05, 0) is 35.4 Å². The van der Waals surface area contributed by atoms with Crippen molar-refractivity contribution < 1.29 is 5.11 Å². The lowest BCUT2D eigenvalue weighted by Crippen LogP contribution is -2.05. The fourth-order valence-corrected chi connectivity index (χ4v) is 2.29. The fraction of sp³-hybridized carbons (Fsp3) is 0.200. The highest BCUT2D eigenvalue weighted by Gasteiger charge is 2.04. The number of rotatable bonds is 2. The maximum absolute atomic E-state index is 9.17. The molecule has 0 aromatic heterocycles. The van der Waals surface area contributed by atoms with E-state index in [0.29, 0.717) is 5.75 Å². The molecule has 0 bridgehead atoms. The van der Waals surface area contributed by atoms with E-state index in [1.165, 1.54) is 0 Å². The Morgan fingerprint density at radius 3 is 2.93 bits per heavy atom. The van der Waals surface area contributed by atoms with Gasteiger partial charge in [0.2, 0.25) is 10.6 Å². The van der Waals surface area contributed by atoms with E-state index in [-0.39, 0.29) is 4.38 Å². The smallest absolute Gasteiger partial charge is 0.229 e. The SMILES string of the molecule is Cc1cccc(CS(=NC#N)C(O)=S)c1. The van der Waals surface area contributed by atoms with Crippen molar-refractivity contribution >= 4 is 27.3 Å². The zero-order valence-corrected chi connectivity index (χ0v) is 9.81. The summed E-state index contributed by atoms with van der Waals surface area (Å²) in [4.78, 5) is 0. The molecule has 0 saturated heterocycles. The number of hydrogen-bond acceptors (Lipinski definition) is 3. The van der Waals surface area contributed by atoms with Crippen LogP contribution >= 0.6 is 12.2 Å². The first kappa shape index (κ1) is 11.8. The van der Waals surface area contributed by atoms with Gasteiger partial charge >= 0.3 is 0 Å². The summed E-state index contributed by atoms with van der Waals surface area (Å²) in [6.07, 6.45) is 1.67. The van der Waals surface area contributed by atoms with Crippen molar-refractivity contribution in [2.75, 3.05) is 0 Å². The minimum atomic E-state index is -0.885. The first-order valence-electron chi connectivity index (χ1n) is 4.23. The molecule has 1 atom stereocenters. The zero-order chi connectivity index (χ0) is 11.3. The summed E-state index contributed by atoms with van der Waals surface area (Å²) in [5.74, 6) is 0.491. The summed E-state index contributed by atoms with van der Waals surface area (Å²) in [6.45, 7) is 1.99. The average molecular weight is 238 g/mol. The number of aliphatic hydroxyl groups excluding tert-OH is 1. The van der Waals surface area contributed by atoms with Gasteiger partial charge in [-0.1, -0.05) is 29.8 Å². The molecule has 0 aliphatic rings. The van der Waals surface area contributed by atoms with Crippen LogP contribution in [0.5, 0.6) is 0 Å². The molecule has 0 saturated carbocycles. The number of aliphatic hydroxyl groups is 1. The second-order valence-corrected chi connectivity index (χ2v) is 5.19. The molecule has 0 amide bonds. The number of nitriles is 1. The van der Waals surface area contributed by atoms with Crippen LogP contribution in [0.15, 0.2) is 28.6 Å². The van der Waals surface area contributed by atoms with Crippen molar-refractivity contribution in [1.29, 1.82) is 5.26 Å². The molecule has 0 heterocycles. The molecular weight excluding hydrogens is 228 g/mol. The Morgan fingerprint density at radius 1 is 1.67 bits per heavy atom. The van der Waals surface area contributed by atoms with Crippen LogP contribution in [0.4, 0.5) is 0 Å². The van der Waals surface area contributed by atoms with E-state index in [1.54, 1.807) is 6.19 Å². The van der Waals surface area contributed by atoms with E-state index in [2.05, 4.69) is 16.6 Å². The maximum atomic E-state index is 9.17. The molecule has 1 rings (SSSR count). The van der Waals surface area contributed by atoms with Crippen LogP contribution in [0.1, 0.15) is 11.1 Å². The fourth-order valence-electron chi connectivity index (χ4n) is 1.14. The summed E-state index contributed by atoms with van der Waals surface area (Å²) in [6, 6.07) is 7.84. The molecule has 1 N–H and O–H groups in total. The predicted molar refractivity (Wildman–Crippen MR) is 65.5 cm³/mol. The number of benzene rings is 1. The Hall–Kier alpha value is -1.25. The maximum Gasteiger partial charge on any atom is 0.229 e. The lowest BCUT2D eigenvalue weighted by Gasteiger charge is -2.03. The van der Waals surface area contributed by atoms with E-state index in [9.17, 15) is 5.11 Å². The van der Waals surface area contributed by atoms with Crippen LogP contribution < -0.4 is 0 Å². The van der Waals surface area contributed by atoms with Crippen molar-refractivity contribution in [2.24, 2.45) is 4.36 Å². The number of hydrogen-bond donors (Lipinski definition) is 1. The molecule has 3 nitrogen and oxygen atoms in total. The highest BCUT2D eigenvalue weighted by Crippen LogP contribution is 2.08. The number of thiocarbonyl (C=S) groups is 1. The van der Waals surface area contributed by atoms with Gasteiger partial charge in [0.1, 0.15) is 0 Å². The van der Waals surface area contributed by atoms with Gasteiger partial charge in [-0.25, -0.2) is 0 Å². The Labute approximate surface area is 96.5 Å². The molecule has 0 aliphatic carbocycles. The molecule has 78 valence electrons. The Balaban J connectivity index is 2.90. The topological polar surface area (TPSA) is 56.4 Å². The molecule has 0 radical (unpaired) electrons. The largest absolute Gasteiger partial charge is 0.494 e. The van der Waals surface area contributed by atoms with Crippen LogP contribution in [0.2, 0.25) is 0 Å². The van der Waals surface area contributed by atoms with Crippen molar-refractivity contribution in [2.45, 2.75) is 12.7 Å². The lowest BCUT2D eigenvalue weighted by molar-refractivity contribution is 0.585. The summed E-state index contributed by atoms with van der Waals surface area (Å²) >= 11 is 4.64. The molecule has 0 spiro atoms. The van der Waals surface area contributed by atoms with Crippen molar-refractivity contribution in [1.82, 2.24) is 0 Å². The minimum absolute atomic E-state index is 0.210. The molecule has 1 aromatic carbocycles. The van der Waals surface area contributed by atoms with Crippen molar-refractivity contribution in [3.05, 3.63) is 35.4 Å². The van der Waals surface area contributed by atoms with Crippen molar-refractivity contribution in [3.63, 3.8) is 0 Å². The van der Waals surface area contributed by atoms with Gasteiger partial charge in [0.05, 0.1) is 0 Å². The molecule has 15 heavy (non-hydrogen) atoms. The molecule has 1 aromatic rings. The van der Waals surface area contributed by atoms with E-state index in [1.807, 2.05) is 31.2 Å².